The van der Waals surface area contributed by atoms with Gasteiger partial charge in [-0.1, -0.05) is 79.4 Å². The molecule has 1 atom stereocenters. The zero-order valence-corrected chi connectivity index (χ0v) is 25.1. The molecule has 0 saturated heterocycles. The van der Waals surface area contributed by atoms with Gasteiger partial charge < -0.3 is 10.1 Å². The third kappa shape index (κ3) is 6.36. The smallest absolute Gasteiger partial charge is 0.279 e. The number of carbonyl (C=O) groups is 2. The molecule has 7 nitrogen and oxygen atoms in total. The highest BCUT2D eigenvalue weighted by Gasteiger charge is 2.36. The SMILES string of the molecule is C#Cc1ccc(C(C(=O)NC2CCCC2)N(C(=O)c2cc(-c3ccccc3)n(-c3ccccc3)n2)c2ccc(OC)cc2)cc1. The van der Waals surface area contributed by atoms with Crippen LogP contribution < -0.4 is 15.0 Å². The zero-order chi connectivity index (χ0) is 31.2. The van der Waals surface area contributed by atoms with Gasteiger partial charge in [-0.25, -0.2) is 4.68 Å². The monoisotopic (exact) mass is 594 g/mol. The fourth-order valence-corrected chi connectivity index (χ4v) is 5.85. The Hall–Kier alpha value is -5.61. The minimum Gasteiger partial charge on any atom is -0.497 e. The minimum absolute atomic E-state index is 0.0553. The summed E-state index contributed by atoms with van der Waals surface area (Å²) in [4.78, 5) is 30.6. The van der Waals surface area contributed by atoms with E-state index in [1.165, 1.54) is 4.90 Å². The van der Waals surface area contributed by atoms with E-state index < -0.39 is 11.9 Å². The molecular formula is C38H34N4O3. The predicted molar refractivity (Wildman–Crippen MR) is 176 cm³/mol. The fourth-order valence-electron chi connectivity index (χ4n) is 5.85. The number of methoxy groups -OCH3 is 1. The predicted octanol–water partition coefficient (Wildman–Crippen LogP) is 6.98. The number of ether oxygens (including phenoxy) is 1. The summed E-state index contributed by atoms with van der Waals surface area (Å²) < 4.78 is 7.17. The van der Waals surface area contributed by atoms with Gasteiger partial charge >= 0.3 is 0 Å². The van der Waals surface area contributed by atoms with Crippen molar-refractivity contribution in [1.82, 2.24) is 15.1 Å². The maximum atomic E-state index is 14.8. The molecule has 0 spiro atoms. The first kappa shape index (κ1) is 29.5. The molecule has 0 bridgehead atoms. The second-order valence-corrected chi connectivity index (χ2v) is 11.1. The molecule has 224 valence electrons. The summed E-state index contributed by atoms with van der Waals surface area (Å²) in [5.74, 6) is 2.59. The summed E-state index contributed by atoms with van der Waals surface area (Å²) in [7, 11) is 1.59. The Morgan fingerprint density at radius 2 is 1.56 bits per heavy atom. The number of terminal acetylenes is 1. The molecule has 2 amide bonds. The third-order valence-electron chi connectivity index (χ3n) is 8.17. The van der Waals surface area contributed by atoms with E-state index in [0.29, 0.717) is 22.6 Å². The molecule has 4 aromatic carbocycles. The highest BCUT2D eigenvalue weighted by molar-refractivity contribution is 6.09. The van der Waals surface area contributed by atoms with Crippen LogP contribution in [-0.4, -0.2) is 34.7 Å². The Morgan fingerprint density at radius 3 is 2.18 bits per heavy atom. The Labute approximate surface area is 263 Å². The van der Waals surface area contributed by atoms with Crippen LogP contribution in [0, 0.1) is 12.3 Å². The molecule has 1 aliphatic rings. The molecule has 0 aliphatic heterocycles. The van der Waals surface area contributed by atoms with Gasteiger partial charge in [0.15, 0.2) is 5.69 Å². The van der Waals surface area contributed by atoms with Gasteiger partial charge in [0.05, 0.1) is 18.5 Å². The molecule has 1 aliphatic carbocycles. The molecule has 1 heterocycles. The van der Waals surface area contributed by atoms with Crippen LogP contribution in [0.15, 0.2) is 115 Å². The average molecular weight is 595 g/mol. The summed E-state index contributed by atoms with van der Waals surface area (Å²) in [5.41, 5.74) is 4.53. The number of hydrogen-bond donors (Lipinski definition) is 1. The maximum absolute atomic E-state index is 14.8. The standard InChI is InChI=1S/C38H34N4O3/c1-3-27-18-20-29(21-19-27)36(37(43)39-30-14-10-11-15-30)41(31-22-24-33(45-2)25-23-31)38(44)34-26-35(28-12-6-4-7-13-28)42(40-34)32-16-8-5-9-17-32/h1,4-9,12-13,16-26,30,36H,10-11,14-15H2,2H3,(H,39,43). The molecule has 45 heavy (non-hydrogen) atoms. The minimum atomic E-state index is -0.986. The van der Waals surface area contributed by atoms with E-state index in [-0.39, 0.29) is 17.6 Å². The second-order valence-electron chi connectivity index (χ2n) is 11.1. The van der Waals surface area contributed by atoms with Gasteiger partial charge in [0.2, 0.25) is 5.91 Å². The molecule has 6 rings (SSSR count). The van der Waals surface area contributed by atoms with E-state index in [1.54, 1.807) is 54.3 Å². The van der Waals surface area contributed by atoms with Crippen molar-refractivity contribution in [2.24, 2.45) is 0 Å². The van der Waals surface area contributed by atoms with E-state index >= 15 is 0 Å². The van der Waals surface area contributed by atoms with Crippen LogP contribution in [0.3, 0.4) is 0 Å². The number of amides is 2. The first-order valence-corrected chi connectivity index (χ1v) is 15.1. The lowest BCUT2D eigenvalue weighted by Crippen LogP contribution is -2.46. The number of anilines is 1. The van der Waals surface area contributed by atoms with Gasteiger partial charge in [0.25, 0.3) is 5.91 Å². The molecule has 1 unspecified atom stereocenters. The molecule has 1 fully saturated rings. The van der Waals surface area contributed by atoms with Crippen molar-refractivity contribution in [2.45, 2.75) is 37.8 Å². The summed E-state index contributed by atoms with van der Waals surface area (Å²) in [5, 5.41) is 8.08. The molecule has 1 aromatic heterocycles. The van der Waals surface area contributed by atoms with Gasteiger partial charge in [0.1, 0.15) is 11.8 Å². The number of hydrogen-bond acceptors (Lipinski definition) is 4. The van der Waals surface area contributed by atoms with Crippen LogP contribution >= 0.6 is 0 Å². The van der Waals surface area contributed by atoms with Gasteiger partial charge in [-0.05, 0) is 73.0 Å². The summed E-state index contributed by atoms with van der Waals surface area (Å²) in [6, 6.07) is 34.7. The first-order chi connectivity index (χ1) is 22.1. The highest BCUT2D eigenvalue weighted by Crippen LogP contribution is 2.33. The quantitative estimate of drug-likeness (QED) is 0.187. The normalized spacial score (nSPS) is 13.5. The van der Waals surface area contributed by atoms with Crippen LogP contribution in [0.2, 0.25) is 0 Å². The highest BCUT2D eigenvalue weighted by atomic mass is 16.5. The Morgan fingerprint density at radius 1 is 0.911 bits per heavy atom. The summed E-state index contributed by atoms with van der Waals surface area (Å²) >= 11 is 0. The van der Waals surface area contributed by atoms with E-state index in [1.807, 2.05) is 72.8 Å². The Kier molecular flexibility index (Phi) is 8.74. The average Bonchev–Trinajstić information content (AvgIpc) is 3.79. The fraction of sp³-hybridized carbons (Fsp3) is 0.184. The zero-order valence-electron chi connectivity index (χ0n) is 25.1. The van der Waals surface area contributed by atoms with Crippen molar-refractivity contribution in [3.8, 4) is 35.0 Å². The van der Waals surface area contributed by atoms with E-state index in [0.717, 1.165) is 42.6 Å². The lowest BCUT2D eigenvalue weighted by Gasteiger charge is -2.32. The number of aromatic nitrogens is 2. The van der Waals surface area contributed by atoms with Crippen molar-refractivity contribution in [1.29, 1.82) is 0 Å². The first-order valence-electron chi connectivity index (χ1n) is 15.1. The number of carbonyl (C=O) groups excluding carboxylic acids is 2. The number of benzene rings is 4. The van der Waals surface area contributed by atoms with Crippen LogP contribution in [0.1, 0.15) is 53.3 Å². The molecule has 0 radical (unpaired) electrons. The summed E-state index contributed by atoms with van der Waals surface area (Å²) in [6.45, 7) is 0. The maximum Gasteiger partial charge on any atom is 0.279 e. The molecule has 1 saturated carbocycles. The van der Waals surface area contributed by atoms with Crippen LogP contribution in [0.4, 0.5) is 5.69 Å². The number of rotatable bonds is 9. The molecule has 1 N–H and O–H groups in total. The van der Waals surface area contributed by atoms with Crippen molar-refractivity contribution >= 4 is 17.5 Å². The van der Waals surface area contributed by atoms with Crippen LogP contribution in [0.5, 0.6) is 5.75 Å². The lowest BCUT2D eigenvalue weighted by atomic mass is 10.00. The number of para-hydroxylation sites is 1. The largest absolute Gasteiger partial charge is 0.497 e. The molecule has 5 aromatic rings. The topological polar surface area (TPSA) is 76.5 Å². The summed E-state index contributed by atoms with van der Waals surface area (Å²) in [6.07, 6.45) is 9.59. The lowest BCUT2D eigenvalue weighted by molar-refractivity contribution is -0.123. The third-order valence-corrected chi connectivity index (χ3v) is 8.17. The van der Waals surface area contributed by atoms with Gasteiger partial charge in [0, 0.05) is 22.9 Å². The van der Waals surface area contributed by atoms with E-state index in [9.17, 15) is 9.59 Å². The van der Waals surface area contributed by atoms with Crippen LogP contribution in [-0.2, 0) is 4.79 Å². The van der Waals surface area contributed by atoms with E-state index in [2.05, 4.69) is 11.2 Å². The second kappa shape index (κ2) is 13.4. The number of nitrogens with zero attached hydrogens (tertiary/aromatic N) is 3. The van der Waals surface area contributed by atoms with Crippen molar-refractivity contribution < 1.29 is 14.3 Å². The van der Waals surface area contributed by atoms with Crippen LogP contribution in [0.25, 0.3) is 16.9 Å². The van der Waals surface area contributed by atoms with Crippen molar-refractivity contribution in [3.05, 3.63) is 132 Å². The van der Waals surface area contributed by atoms with Gasteiger partial charge in [-0.3, -0.25) is 14.5 Å². The molecular weight excluding hydrogens is 560 g/mol. The van der Waals surface area contributed by atoms with E-state index in [4.69, 9.17) is 16.3 Å². The Bertz CT molecular complexity index is 1740. The Balaban J connectivity index is 1.50. The number of nitrogens with one attached hydrogen (secondary N) is 1. The molecule has 7 heteroatoms. The van der Waals surface area contributed by atoms with Crippen molar-refractivity contribution in [3.63, 3.8) is 0 Å². The van der Waals surface area contributed by atoms with Crippen molar-refractivity contribution in [2.75, 3.05) is 12.0 Å². The van der Waals surface area contributed by atoms with Gasteiger partial charge in [-0.2, -0.15) is 5.10 Å². The van der Waals surface area contributed by atoms with Gasteiger partial charge in [-0.15, -0.1) is 6.42 Å².